The molecular weight excluding hydrogens is 530 g/mol. The lowest BCUT2D eigenvalue weighted by Crippen LogP contribution is -2.53. The lowest BCUT2D eigenvalue weighted by Gasteiger charge is -2.33. The van der Waals surface area contributed by atoms with Crippen molar-refractivity contribution in [3.63, 3.8) is 0 Å². The Morgan fingerprint density at radius 2 is 1.69 bits per heavy atom. The Hall–Kier alpha value is -2.40. The first kappa shape index (κ1) is 29.8. The molecule has 0 aliphatic carbocycles. The number of amides is 2. The predicted octanol–water partition coefficient (Wildman–Crippen LogP) is 4.08. The maximum Gasteiger partial charge on any atom is 0.304 e. The molecule has 0 unspecified atom stereocenters. The SMILES string of the molecule is CC[C@H](C)NC(=O)[C@@H](C)N(Cc1ccc(Cl)c(Cl)c1)C(=O)CN(c1ccccc1F)S(=O)(=O)N(C)C. The molecule has 1 N–H and O–H groups in total. The van der Waals surface area contributed by atoms with Crippen molar-refractivity contribution < 1.29 is 22.4 Å². The van der Waals surface area contributed by atoms with Crippen molar-refractivity contribution in [3.05, 3.63) is 63.9 Å². The highest BCUT2D eigenvalue weighted by atomic mass is 35.5. The van der Waals surface area contributed by atoms with E-state index in [4.69, 9.17) is 23.2 Å². The number of carbonyl (C=O) groups is 2. The highest BCUT2D eigenvalue weighted by Gasteiger charge is 2.34. The molecule has 0 saturated carbocycles. The summed E-state index contributed by atoms with van der Waals surface area (Å²) in [4.78, 5) is 27.8. The summed E-state index contributed by atoms with van der Waals surface area (Å²) in [7, 11) is -1.69. The second-order valence-electron chi connectivity index (χ2n) is 8.51. The van der Waals surface area contributed by atoms with Gasteiger partial charge in [-0.1, -0.05) is 48.3 Å². The second kappa shape index (κ2) is 12.7. The van der Waals surface area contributed by atoms with Crippen LogP contribution < -0.4 is 9.62 Å². The van der Waals surface area contributed by atoms with E-state index >= 15 is 0 Å². The van der Waals surface area contributed by atoms with Crippen LogP contribution >= 0.6 is 23.2 Å². The van der Waals surface area contributed by atoms with Crippen molar-refractivity contribution in [3.8, 4) is 0 Å². The first-order chi connectivity index (χ1) is 16.8. The van der Waals surface area contributed by atoms with Crippen LogP contribution in [0.5, 0.6) is 0 Å². The topological polar surface area (TPSA) is 90.0 Å². The van der Waals surface area contributed by atoms with Crippen molar-refractivity contribution in [1.82, 2.24) is 14.5 Å². The lowest BCUT2D eigenvalue weighted by molar-refractivity contribution is -0.139. The van der Waals surface area contributed by atoms with Gasteiger partial charge < -0.3 is 10.2 Å². The molecule has 0 aliphatic heterocycles. The molecule has 2 aromatic rings. The normalized spacial score (nSPS) is 13.2. The minimum Gasteiger partial charge on any atom is -0.352 e. The monoisotopic (exact) mass is 560 g/mol. The number of carbonyl (C=O) groups excluding carboxylic acids is 2. The summed E-state index contributed by atoms with van der Waals surface area (Å²) in [6, 6.07) is 8.94. The maximum atomic E-state index is 14.6. The van der Waals surface area contributed by atoms with Crippen molar-refractivity contribution in [2.75, 3.05) is 24.9 Å². The second-order valence-corrected chi connectivity index (χ2v) is 11.4. The van der Waals surface area contributed by atoms with Gasteiger partial charge in [0.1, 0.15) is 18.4 Å². The van der Waals surface area contributed by atoms with E-state index in [9.17, 15) is 22.4 Å². The summed E-state index contributed by atoms with van der Waals surface area (Å²) < 4.78 is 42.4. The zero-order valence-electron chi connectivity index (χ0n) is 20.8. The minimum atomic E-state index is -4.26. The first-order valence-corrected chi connectivity index (χ1v) is 13.4. The third-order valence-corrected chi connectivity index (χ3v) is 8.19. The molecule has 0 aromatic heterocycles. The lowest BCUT2D eigenvalue weighted by atomic mass is 10.1. The fourth-order valence-corrected chi connectivity index (χ4v) is 4.62. The summed E-state index contributed by atoms with van der Waals surface area (Å²) in [5, 5.41) is 3.42. The summed E-state index contributed by atoms with van der Waals surface area (Å²) in [5.74, 6) is -1.93. The third kappa shape index (κ3) is 7.32. The standard InChI is InChI=1S/C24H31Cl2FN4O4S/c1-6-16(2)28-24(33)17(3)30(14-18-11-12-19(25)20(26)13-18)23(32)15-31(36(34,35)29(4)5)22-10-8-7-9-21(22)27/h7-13,16-17H,6,14-15H2,1-5H3,(H,28,33)/t16-,17+/m0/s1. The van der Waals surface area contributed by atoms with Gasteiger partial charge in [0.2, 0.25) is 11.8 Å². The number of rotatable bonds is 11. The molecule has 2 amide bonds. The van der Waals surface area contributed by atoms with E-state index in [2.05, 4.69) is 5.32 Å². The highest BCUT2D eigenvalue weighted by molar-refractivity contribution is 7.90. The van der Waals surface area contributed by atoms with Crippen molar-refractivity contribution in [1.29, 1.82) is 0 Å². The number of hydrogen-bond acceptors (Lipinski definition) is 4. The van der Waals surface area contributed by atoms with Gasteiger partial charge in [0.25, 0.3) is 0 Å². The van der Waals surface area contributed by atoms with Crippen LogP contribution in [-0.2, 0) is 26.3 Å². The van der Waals surface area contributed by atoms with Gasteiger partial charge in [0.05, 0.1) is 15.7 Å². The van der Waals surface area contributed by atoms with Crippen molar-refractivity contribution >= 4 is 50.9 Å². The molecule has 0 saturated heterocycles. The number of nitrogens with zero attached hydrogens (tertiary/aromatic N) is 3. The Morgan fingerprint density at radius 3 is 2.25 bits per heavy atom. The number of benzene rings is 2. The van der Waals surface area contributed by atoms with Gasteiger partial charge in [-0.05, 0) is 50.1 Å². The van der Waals surface area contributed by atoms with E-state index in [-0.39, 0.29) is 23.3 Å². The maximum absolute atomic E-state index is 14.6. The van der Waals surface area contributed by atoms with Crippen LogP contribution in [-0.4, -0.2) is 62.2 Å². The van der Waals surface area contributed by atoms with Gasteiger partial charge in [0, 0.05) is 26.7 Å². The quantitative estimate of drug-likeness (QED) is 0.448. The van der Waals surface area contributed by atoms with E-state index in [0.717, 1.165) is 10.4 Å². The Bertz CT molecular complexity index is 1200. The van der Waals surface area contributed by atoms with Gasteiger partial charge >= 0.3 is 10.2 Å². The van der Waals surface area contributed by atoms with Crippen LogP contribution in [0.4, 0.5) is 10.1 Å². The molecule has 2 aromatic carbocycles. The number of para-hydroxylation sites is 1. The van der Waals surface area contributed by atoms with Gasteiger partial charge in [-0.15, -0.1) is 0 Å². The van der Waals surface area contributed by atoms with Gasteiger partial charge in [-0.2, -0.15) is 12.7 Å². The molecule has 0 radical (unpaired) electrons. The molecule has 36 heavy (non-hydrogen) atoms. The zero-order chi connectivity index (χ0) is 27.2. The van der Waals surface area contributed by atoms with E-state index in [0.29, 0.717) is 21.3 Å². The van der Waals surface area contributed by atoms with Crippen LogP contribution in [0.1, 0.15) is 32.8 Å². The average Bonchev–Trinajstić information content (AvgIpc) is 2.82. The zero-order valence-corrected chi connectivity index (χ0v) is 23.2. The minimum absolute atomic E-state index is 0.0576. The molecular formula is C24H31Cl2FN4O4S. The average molecular weight is 562 g/mol. The summed E-state index contributed by atoms with van der Waals surface area (Å²) in [5.41, 5.74) is 0.291. The summed E-state index contributed by atoms with van der Waals surface area (Å²) >= 11 is 12.1. The van der Waals surface area contributed by atoms with E-state index in [1.54, 1.807) is 25.1 Å². The van der Waals surface area contributed by atoms with Crippen LogP contribution in [0.15, 0.2) is 42.5 Å². The van der Waals surface area contributed by atoms with E-state index in [1.165, 1.54) is 37.2 Å². The fourth-order valence-electron chi connectivity index (χ4n) is 3.24. The highest BCUT2D eigenvalue weighted by Crippen LogP contribution is 2.26. The van der Waals surface area contributed by atoms with Gasteiger partial charge in [-0.25, -0.2) is 8.70 Å². The van der Waals surface area contributed by atoms with Crippen LogP contribution in [0.25, 0.3) is 0 Å². The molecule has 2 atom stereocenters. The Morgan fingerprint density at radius 1 is 1.06 bits per heavy atom. The largest absolute Gasteiger partial charge is 0.352 e. The molecule has 12 heteroatoms. The molecule has 0 spiro atoms. The van der Waals surface area contributed by atoms with Crippen LogP contribution in [0.3, 0.4) is 0 Å². The molecule has 0 bridgehead atoms. The van der Waals surface area contributed by atoms with Crippen molar-refractivity contribution in [2.45, 2.75) is 45.8 Å². The third-order valence-electron chi connectivity index (χ3n) is 5.65. The molecule has 2 rings (SSSR count). The molecule has 0 fully saturated rings. The summed E-state index contributed by atoms with van der Waals surface area (Å²) in [6.07, 6.45) is 0.682. The first-order valence-electron chi connectivity index (χ1n) is 11.3. The molecule has 8 nitrogen and oxygen atoms in total. The van der Waals surface area contributed by atoms with Gasteiger partial charge in [0.15, 0.2) is 0 Å². The number of hydrogen-bond donors (Lipinski definition) is 1. The number of halogens is 3. The Labute approximate surface area is 222 Å². The smallest absolute Gasteiger partial charge is 0.304 e. The molecule has 0 heterocycles. The number of nitrogens with one attached hydrogen (secondary N) is 1. The fraction of sp³-hybridized carbons (Fsp3) is 0.417. The number of anilines is 1. The Kier molecular flexibility index (Phi) is 10.5. The Balaban J connectivity index is 2.49. The van der Waals surface area contributed by atoms with Gasteiger partial charge in [-0.3, -0.25) is 9.59 Å². The van der Waals surface area contributed by atoms with E-state index < -0.39 is 40.4 Å². The van der Waals surface area contributed by atoms with Crippen molar-refractivity contribution in [2.24, 2.45) is 0 Å². The summed E-state index contributed by atoms with van der Waals surface area (Å²) in [6.45, 7) is 4.49. The molecule has 0 aliphatic rings. The van der Waals surface area contributed by atoms with Crippen LogP contribution in [0, 0.1) is 5.82 Å². The predicted molar refractivity (Wildman–Crippen MR) is 141 cm³/mol. The molecule has 198 valence electrons. The van der Waals surface area contributed by atoms with Crippen LogP contribution in [0.2, 0.25) is 10.0 Å². The van der Waals surface area contributed by atoms with E-state index in [1.807, 2.05) is 13.8 Å².